The highest BCUT2D eigenvalue weighted by Gasteiger charge is 2.07. The number of Topliss-reactive ketones (excluding diaryl/α,β-unsaturated/α-hetero) is 1. The second-order valence-electron chi connectivity index (χ2n) is 6.31. The molecule has 0 spiro atoms. The van der Waals surface area contributed by atoms with E-state index in [0.29, 0.717) is 38.3 Å². The molecule has 1 unspecified atom stereocenters. The third-order valence-corrected chi connectivity index (χ3v) is 3.92. The minimum Gasteiger partial charge on any atom is -0.385 e. The number of hydrogen-bond acceptors (Lipinski definition) is 6. The topological polar surface area (TPSA) is 85.9 Å². The van der Waals surface area contributed by atoms with E-state index in [0.717, 1.165) is 25.1 Å². The molecule has 0 saturated carbocycles. The molecule has 1 atom stereocenters. The lowest BCUT2D eigenvalue weighted by Gasteiger charge is -2.14. The average Bonchev–Trinajstić information content (AvgIpc) is 2.67. The van der Waals surface area contributed by atoms with Gasteiger partial charge in [0.1, 0.15) is 11.9 Å². The average molecular weight is 380 g/mol. The Morgan fingerprint density at radius 2 is 1.78 bits per heavy atom. The van der Waals surface area contributed by atoms with Crippen LogP contribution < -0.4 is 10.6 Å². The Bertz CT molecular complexity index is 548. The maximum Gasteiger partial charge on any atom is 0.251 e. The van der Waals surface area contributed by atoms with Gasteiger partial charge in [0.2, 0.25) is 0 Å². The number of amides is 1. The van der Waals surface area contributed by atoms with Crippen molar-refractivity contribution in [1.82, 2.24) is 5.32 Å². The lowest BCUT2D eigenvalue weighted by molar-refractivity contribution is -0.117. The predicted octanol–water partition coefficient (Wildman–Crippen LogP) is 2.27. The summed E-state index contributed by atoms with van der Waals surface area (Å²) in [4.78, 5) is 23.0. The summed E-state index contributed by atoms with van der Waals surface area (Å²) in [6.07, 6.45) is 2.04. The molecule has 1 aromatic carbocycles. The summed E-state index contributed by atoms with van der Waals surface area (Å²) in [5.74, 6) is 0.0926. The minimum absolute atomic E-state index is 0.0702. The van der Waals surface area contributed by atoms with Gasteiger partial charge >= 0.3 is 0 Å². The number of methoxy groups -OCH3 is 2. The van der Waals surface area contributed by atoms with Crippen LogP contribution in [0.2, 0.25) is 0 Å². The molecule has 2 N–H and O–H groups in total. The van der Waals surface area contributed by atoms with Gasteiger partial charge in [-0.3, -0.25) is 4.79 Å². The third-order valence-electron chi connectivity index (χ3n) is 3.92. The van der Waals surface area contributed by atoms with Crippen LogP contribution in [0.1, 0.15) is 36.5 Å². The van der Waals surface area contributed by atoms with Crippen molar-refractivity contribution in [2.24, 2.45) is 0 Å². The molecule has 0 radical (unpaired) electrons. The summed E-state index contributed by atoms with van der Waals surface area (Å²) in [7, 11) is 3.25. The van der Waals surface area contributed by atoms with Crippen LogP contribution in [0.4, 0.5) is 5.69 Å². The molecule has 0 aliphatic carbocycles. The summed E-state index contributed by atoms with van der Waals surface area (Å²) in [6.45, 7) is 4.39. The Kier molecular flexibility index (Phi) is 12.1. The van der Waals surface area contributed by atoms with Crippen molar-refractivity contribution < 1.29 is 23.8 Å². The molecule has 7 heteroatoms. The number of carbonyl (C=O) groups is 2. The normalized spacial score (nSPS) is 11.8. The number of ether oxygens (including phenoxy) is 3. The number of anilines is 1. The highest BCUT2D eigenvalue weighted by molar-refractivity contribution is 5.94. The van der Waals surface area contributed by atoms with Gasteiger partial charge in [-0.25, -0.2) is 0 Å². The van der Waals surface area contributed by atoms with Crippen LogP contribution in [0.25, 0.3) is 0 Å². The largest absolute Gasteiger partial charge is 0.385 e. The van der Waals surface area contributed by atoms with E-state index in [4.69, 9.17) is 14.2 Å². The molecular formula is C20H32N2O5. The molecule has 0 bridgehead atoms. The Labute approximate surface area is 161 Å². The van der Waals surface area contributed by atoms with Gasteiger partial charge in [-0.15, -0.1) is 0 Å². The van der Waals surface area contributed by atoms with E-state index in [-0.39, 0.29) is 17.8 Å². The second-order valence-corrected chi connectivity index (χ2v) is 6.31. The van der Waals surface area contributed by atoms with Gasteiger partial charge in [-0.2, -0.15) is 0 Å². The third kappa shape index (κ3) is 10.7. The van der Waals surface area contributed by atoms with E-state index in [1.54, 1.807) is 33.3 Å². The van der Waals surface area contributed by atoms with Crippen molar-refractivity contribution in [3.05, 3.63) is 29.8 Å². The van der Waals surface area contributed by atoms with Crippen molar-refractivity contribution in [3.63, 3.8) is 0 Å². The fraction of sp³-hybridized carbons (Fsp3) is 0.600. The summed E-state index contributed by atoms with van der Waals surface area (Å²) in [6, 6.07) is 7.30. The maximum atomic E-state index is 12.1. The van der Waals surface area contributed by atoms with E-state index >= 15 is 0 Å². The van der Waals surface area contributed by atoms with Gasteiger partial charge in [-0.1, -0.05) is 0 Å². The molecule has 0 aliphatic rings. The molecule has 7 nitrogen and oxygen atoms in total. The summed E-state index contributed by atoms with van der Waals surface area (Å²) in [5, 5.41) is 6.11. The van der Waals surface area contributed by atoms with Crippen molar-refractivity contribution >= 4 is 17.4 Å². The molecule has 0 heterocycles. The lowest BCUT2D eigenvalue weighted by Crippen LogP contribution is -2.27. The zero-order valence-corrected chi connectivity index (χ0v) is 16.6. The van der Waals surface area contributed by atoms with Gasteiger partial charge in [-0.05, 0) is 44.0 Å². The van der Waals surface area contributed by atoms with Crippen LogP contribution in [0, 0.1) is 0 Å². The zero-order valence-electron chi connectivity index (χ0n) is 16.6. The lowest BCUT2D eigenvalue weighted by atomic mass is 10.2. The number of nitrogens with one attached hydrogen (secondary N) is 2. The minimum atomic E-state index is -0.104. The first-order chi connectivity index (χ1) is 13.1. The Morgan fingerprint density at radius 3 is 2.41 bits per heavy atom. The van der Waals surface area contributed by atoms with Gasteiger partial charge in [0.15, 0.2) is 0 Å². The quantitative estimate of drug-likeness (QED) is 0.454. The summed E-state index contributed by atoms with van der Waals surface area (Å²) in [5.41, 5.74) is 1.55. The van der Waals surface area contributed by atoms with Gasteiger partial charge in [0.25, 0.3) is 5.91 Å². The molecule has 152 valence electrons. The first kappa shape index (κ1) is 23.1. The second kappa shape index (κ2) is 14.1. The van der Waals surface area contributed by atoms with Crippen LogP contribution in [-0.2, 0) is 19.0 Å². The number of rotatable bonds is 15. The maximum absolute atomic E-state index is 12.1. The number of hydrogen-bond donors (Lipinski definition) is 2. The van der Waals surface area contributed by atoms with Crippen LogP contribution in [0.15, 0.2) is 24.3 Å². The Balaban J connectivity index is 2.18. The summed E-state index contributed by atoms with van der Waals surface area (Å²) < 4.78 is 15.7. The van der Waals surface area contributed by atoms with E-state index < -0.39 is 0 Å². The molecule has 27 heavy (non-hydrogen) atoms. The van der Waals surface area contributed by atoms with Crippen LogP contribution in [0.3, 0.4) is 0 Å². The molecule has 0 aromatic heterocycles. The molecule has 1 aromatic rings. The smallest absolute Gasteiger partial charge is 0.251 e. The van der Waals surface area contributed by atoms with Gasteiger partial charge in [0, 0.05) is 51.6 Å². The molecule has 0 fully saturated rings. The van der Waals surface area contributed by atoms with Crippen molar-refractivity contribution in [1.29, 1.82) is 0 Å². The first-order valence-electron chi connectivity index (χ1n) is 9.27. The standard InChI is InChI=1S/C20H32N2O5/c1-16(23)6-4-11-21-18-9-7-17(8-10-18)20(24)22-12-5-13-27-15-19(26-3)14-25-2/h7-10,19,21H,4-6,11-15H2,1-3H3,(H,22,24). The van der Waals surface area contributed by atoms with E-state index in [2.05, 4.69) is 10.6 Å². The van der Waals surface area contributed by atoms with Gasteiger partial charge < -0.3 is 29.6 Å². The molecule has 1 amide bonds. The first-order valence-corrected chi connectivity index (χ1v) is 9.27. The Hall–Kier alpha value is -1.96. The van der Waals surface area contributed by atoms with E-state index in [1.807, 2.05) is 12.1 Å². The molecule has 0 saturated heterocycles. The molecule has 0 aliphatic heterocycles. The highest BCUT2D eigenvalue weighted by atomic mass is 16.5. The fourth-order valence-corrected chi connectivity index (χ4v) is 2.37. The molecule has 1 rings (SSSR count). The van der Waals surface area contributed by atoms with Crippen molar-refractivity contribution in [2.45, 2.75) is 32.3 Å². The van der Waals surface area contributed by atoms with Crippen molar-refractivity contribution in [3.8, 4) is 0 Å². The zero-order chi connectivity index (χ0) is 19.9. The number of benzene rings is 1. The highest BCUT2D eigenvalue weighted by Crippen LogP contribution is 2.10. The van der Waals surface area contributed by atoms with Crippen molar-refractivity contribution in [2.75, 3.05) is 52.4 Å². The fourth-order valence-electron chi connectivity index (χ4n) is 2.37. The van der Waals surface area contributed by atoms with Crippen LogP contribution in [0.5, 0.6) is 0 Å². The molecular weight excluding hydrogens is 348 g/mol. The number of carbonyl (C=O) groups excluding carboxylic acids is 2. The van der Waals surface area contributed by atoms with Crippen LogP contribution >= 0.6 is 0 Å². The van der Waals surface area contributed by atoms with E-state index in [9.17, 15) is 9.59 Å². The SMILES string of the molecule is COCC(COCCCNC(=O)c1ccc(NCCCC(C)=O)cc1)OC. The van der Waals surface area contributed by atoms with E-state index in [1.165, 1.54) is 0 Å². The van der Waals surface area contributed by atoms with Crippen LogP contribution in [-0.4, -0.2) is 64.9 Å². The number of ketones is 1. The Morgan fingerprint density at radius 1 is 1.04 bits per heavy atom. The predicted molar refractivity (Wildman–Crippen MR) is 105 cm³/mol. The monoisotopic (exact) mass is 380 g/mol. The summed E-state index contributed by atoms with van der Waals surface area (Å²) >= 11 is 0. The van der Waals surface area contributed by atoms with Gasteiger partial charge in [0.05, 0.1) is 13.2 Å².